The number of para-hydroxylation sites is 1. The Hall–Kier alpha value is -3.51. The molecule has 0 radical (unpaired) electrons. The quantitative estimate of drug-likeness (QED) is 0.379. The maximum atomic E-state index is 12.1. The lowest BCUT2D eigenvalue weighted by atomic mass is 10.2. The van der Waals surface area contributed by atoms with Crippen LogP contribution in [0.5, 0.6) is 0 Å². The van der Waals surface area contributed by atoms with Gasteiger partial charge in [0.25, 0.3) is 15.7 Å². The molecule has 2 rings (SSSR count). The molecular weight excluding hydrogens is 380 g/mol. The number of nitrogens with one attached hydrogen (secondary N) is 3. The molecule has 0 bridgehead atoms. The van der Waals surface area contributed by atoms with Gasteiger partial charge in [-0.1, -0.05) is 12.1 Å². The zero-order valence-electron chi connectivity index (χ0n) is 13.8. The van der Waals surface area contributed by atoms with E-state index in [4.69, 9.17) is 0 Å². The molecule has 0 unspecified atom stereocenters. The van der Waals surface area contributed by atoms with E-state index in [1.54, 1.807) is 12.1 Å². The first-order valence-electron chi connectivity index (χ1n) is 7.25. The number of nitro benzene ring substituents is 1. The van der Waals surface area contributed by atoms with Gasteiger partial charge in [-0.3, -0.25) is 15.5 Å². The highest BCUT2D eigenvalue weighted by Gasteiger charge is 2.18. The first kappa shape index (κ1) is 19.8. The van der Waals surface area contributed by atoms with Crippen LogP contribution in [0.2, 0.25) is 0 Å². The van der Waals surface area contributed by atoms with Crippen molar-refractivity contribution in [2.24, 2.45) is 0 Å². The second kappa shape index (κ2) is 8.25. The first-order valence-corrected chi connectivity index (χ1v) is 8.73. The summed E-state index contributed by atoms with van der Waals surface area (Å²) < 4.78 is 28.8. The highest BCUT2D eigenvalue weighted by molar-refractivity contribution is 7.89. The summed E-state index contributed by atoms with van der Waals surface area (Å²) in [7, 11) is -2.98. The average Bonchev–Trinajstić information content (AvgIpc) is 2.66. The molecule has 0 aliphatic rings. The fourth-order valence-electron chi connectivity index (χ4n) is 1.95. The van der Waals surface area contributed by atoms with E-state index in [1.807, 2.05) is 10.3 Å². The van der Waals surface area contributed by atoms with Crippen molar-refractivity contribution in [2.45, 2.75) is 4.90 Å². The van der Waals surface area contributed by atoms with E-state index in [1.165, 1.54) is 19.2 Å². The highest BCUT2D eigenvalue weighted by atomic mass is 32.2. The number of anilines is 1. The Morgan fingerprint density at radius 3 is 2.30 bits per heavy atom. The van der Waals surface area contributed by atoms with Crippen LogP contribution >= 0.6 is 0 Å². The van der Waals surface area contributed by atoms with E-state index in [9.17, 15) is 28.1 Å². The number of hydrazine groups is 1. The van der Waals surface area contributed by atoms with Crippen LogP contribution in [0, 0.1) is 10.1 Å². The van der Waals surface area contributed by atoms with Crippen molar-refractivity contribution < 1.29 is 27.7 Å². The van der Waals surface area contributed by atoms with Crippen LogP contribution in [0.3, 0.4) is 0 Å². The van der Waals surface area contributed by atoms with Crippen molar-refractivity contribution >= 4 is 33.4 Å². The number of nitro groups is 1. The topological polar surface area (TPSA) is 157 Å². The molecule has 0 atom stereocenters. The van der Waals surface area contributed by atoms with Crippen molar-refractivity contribution in [3.05, 3.63) is 64.2 Å². The number of benzene rings is 2. The second-order valence-corrected chi connectivity index (χ2v) is 6.66. The third-order valence-corrected chi connectivity index (χ3v) is 4.50. The molecule has 0 aliphatic carbocycles. The summed E-state index contributed by atoms with van der Waals surface area (Å²) in [4.78, 5) is 35.0. The normalized spacial score (nSPS) is 10.7. The summed E-state index contributed by atoms with van der Waals surface area (Å²) in [5.41, 5.74) is 1.82. The van der Waals surface area contributed by atoms with E-state index in [2.05, 4.69) is 10.1 Å². The molecule has 0 aromatic heterocycles. The Kier molecular flexibility index (Phi) is 6.05. The molecule has 0 spiro atoms. The van der Waals surface area contributed by atoms with Gasteiger partial charge < -0.3 is 10.1 Å². The van der Waals surface area contributed by atoms with Crippen LogP contribution in [0.1, 0.15) is 10.4 Å². The molecule has 142 valence electrons. The van der Waals surface area contributed by atoms with Crippen LogP contribution in [-0.4, -0.2) is 32.5 Å². The number of ether oxygens (including phenoxy) is 1. The van der Waals surface area contributed by atoms with Crippen molar-refractivity contribution in [3.8, 4) is 0 Å². The van der Waals surface area contributed by atoms with Crippen molar-refractivity contribution in [1.82, 2.24) is 10.3 Å². The van der Waals surface area contributed by atoms with E-state index in [-0.39, 0.29) is 21.8 Å². The molecule has 0 fully saturated rings. The molecule has 0 aliphatic heterocycles. The zero-order valence-corrected chi connectivity index (χ0v) is 14.6. The zero-order chi connectivity index (χ0) is 20.0. The van der Waals surface area contributed by atoms with Gasteiger partial charge in [0, 0.05) is 12.1 Å². The van der Waals surface area contributed by atoms with Crippen LogP contribution < -0.4 is 15.6 Å². The lowest BCUT2D eigenvalue weighted by Gasteiger charge is -2.11. The maximum Gasteiger partial charge on any atom is 0.339 e. The Morgan fingerprint density at radius 1 is 1.07 bits per heavy atom. The Balaban J connectivity index is 2.05. The number of carbonyl (C=O) groups is 2. The second-order valence-electron chi connectivity index (χ2n) is 4.97. The minimum Gasteiger partial charge on any atom is -0.465 e. The van der Waals surface area contributed by atoms with Gasteiger partial charge in [0.15, 0.2) is 0 Å². The van der Waals surface area contributed by atoms with Gasteiger partial charge >= 0.3 is 12.0 Å². The fraction of sp³-hybridized carbons (Fsp3) is 0.0667. The number of methoxy groups -OCH3 is 1. The largest absolute Gasteiger partial charge is 0.465 e. The molecule has 2 aromatic rings. The number of sulfonamides is 1. The number of amides is 2. The van der Waals surface area contributed by atoms with Crippen LogP contribution in [0.4, 0.5) is 16.2 Å². The van der Waals surface area contributed by atoms with Gasteiger partial charge in [0.2, 0.25) is 0 Å². The van der Waals surface area contributed by atoms with E-state index in [0.29, 0.717) is 0 Å². The number of urea groups is 1. The predicted molar refractivity (Wildman–Crippen MR) is 93.4 cm³/mol. The van der Waals surface area contributed by atoms with Gasteiger partial charge in [-0.15, -0.1) is 4.83 Å². The molecular formula is C15H14N4O7S. The Labute approximate surface area is 153 Å². The molecule has 27 heavy (non-hydrogen) atoms. The summed E-state index contributed by atoms with van der Waals surface area (Å²) in [6.07, 6.45) is 0. The third kappa shape index (κ3) is 4.99. The molecule has 2 amide bonds. The third-order valence-electron chi connectivity index (χ3n) is 3.24. The van der Waals surface area contributed by atoms with Crippen LogP contribution in [-0.2, 0) is 14.8 Å². The molecule has 12 heteroatoms. The highest BCUT2D eigenvalue weighted by Crippen LogP contribution is 2.16. The molecule has 11 nitrogen and oxygen atoms in total. The number of non-ortho nitro benzene ring substituents is 1. The van der Waals surface area contributed by atoms with Crippen LogP contribution in [0.15, 0.2) is 53.4 Å². The minimum atomic E-state index is -4.16. The maximum absolute atomic E-state index is 12.1. The standard InChI is InChI=1S/C15H14N4O7S/c1-26-14(20)12-4-2-3-5-13(12)16-15(21)17-18-27(24,25)11-8-6-10(7-9-11)19(22)23/h2-9,18H,1H3,(H2,16,17,21). The monoisotopic (exact) mass is 394 g/mol. The molecule has 3 N–H and O–H groups in total. The smallest absolute Gasteiger partial charge is 0.339 e. The van der Waals surface area contributed by atoms with E-state index >= 15 is 0 Å². The molecule has 0 saturated carbocycles. The number of nitrogens with zero attached hydrogens (tertiary/aromatic N) is 1. The molecule has 2 aromatic carbocycles. The van der Waals surface area contributed by atoms with Gasteiger partial charge in [0.1, 0.15) is 0 Å². The lowest BCUT2D eigenvalue weighted by Crippen LogP contribution is -2.43. The van der Waals surface area contributed by atoms with Gasteiger partial charge in [-0.2, -0.15) is 0 Å². The first-order chi connectivity index (χ1) is 12.7. The van der Waals surface area contributed by atoms with Crippen molar-refractivity contribution in [3.63, 3.8) is 0 Å². The molecule has 0 heterocycles. The number of hydrogen-bond donors (Lipinski definition) is 3. The van der Waals surface area contributed by atoms with Gasteiger partial charge in [-0.25, -0.2) is 18.0 Å². The number of hydrogen-bond acceptors (Lipinski definition) is 7. The Bertz CT molecular complexity index is 974. The number of carbonyl (C=O) groups excluding carboxylic acids is 2. The summed E-state index contributed by atoms with van der Waals surface area (Å²) in [6, 6.07) is 9.08. The van der Waals surface area contributed by atoms with Gasteiger partial charge in [-0.05, 0) is 24.3 Å². The van der Waals surface area contributed by atoms with Crippen molar-refractivity contribution in [1.29, 1.82) is 0 Å². The fourth-order valence-corrected chi connectivity index (χ4v) is 2.79. The number of esters is 1. The van der Waals surface area contributed by atoms with E-state index in [0.717, 1.165) is 24.3 Å². The summed E-state index contributed by atoms with van der Waals surface area (Å²) in [5, 5.41) is 12.9. The SMILES string of the molecule is COC(=O)c1ccccc1NC(=O)NNS(=O)(=O)c1ccc([N+](=O)[O-])cc1. The Morgan fingerprint density at radius 2 is 1.70 bits per heavy atom. The van der Waals surface area contributed by atoms with Crippen molar-refractivity contribution in [2.75, 3.05) is 12.4 Å². The summed E-state index contributed by atoms with van der Waals surface area (Å²) in [6.45, 7) is 0. The van der Waals surface area contributed by atoms with Gasteiger partial charge in [0.05, 0.1) is 28.2 Å². The molecule has 0 saturated heterocycles. The van der Waals surface area contributed by atoms with E-state index < -0.39 is 26.9 Å². The predicted octanol–water partition coefficient (Wildman–Crippen LogP) is 1.40. The number of rotatable bonds is 6. The lowest BCUT2D eigenvalue weighted by molar-refractivity contribution is -0.384. The summed E-state index contributed by atoms with van der Waals surface area (Å²) in [5.74, 6) is -0.683. The average molecular weight is 394 g/mol. The van der Waals surface area contributed by atoms with Crippen LogP contribution in [0.25, 0.3) is 0 Å². The minimum absolute atomic E-state index is 0.0772. The summed E-state index contributed by atoms with van der Waals surface area (Å²) >= 11 is 0.